The molecule has 1 aromatic rings. The van der Waals surface area contributed by atoms with Gasteiger partial charge < -0.3 is 5.32 Å². The fraction of sp³-hybridized carbons (Fsp3) is 0.562. The fourth-order valence-electron chi connectivity index (χ4n) is 2.69. The molecule has 0 aliphatic heterocycles. The minimum atomic E-state index is -0.254. The van der Waals surface area contributed by atoms with Gasteiger partial charge in [-0.3, -0.25) is 4.79 Å². The third-order valence-electron chi connectivity index (χ3n) is 3.71. The molecule has 1 aliphatic carbocycles. The van der Waals surface area contributed by atoms with Crippen LogP contribution in [-0.4, -0.2) is 28.2 Å². The van der Waals surface area contributed by atoms with E-state index in [9.17, 15) is 4.79 Å². The van der Waals surface area contributed by atoms with Gasteiger partial charge in [0.1, 0.15) is 0 Å². The predicted octanol–water partition coefficient (Wildman–Crippen LogP) is 3.32. The smallest absolute Gasteiger partial charge is 0.233 e. The van der Waals surface area contributed by atoms with E-state index < -0.39 is 0 Å². The van der Waals surface area contributed by atoms with Crippen molar-refractivity contribution in [3.8, 4) is 0 Å². The van der Waals surface area contributed by atoms with Gasteiger partial charge >= 0.3 is 0 Å². The topological polar surface area (TPSA) is 29.1 Å². The molecule has 1 saturated carbocycles. The zero-order valence-corrected chi connectivity index (χ0v) is 13.6. The SMILES string of the molecule is CCSC1CCC(NC(=O)C(S)Cc2ccccc2)C1. The van der Waals surface area contributed by atoms with Gasteiger partial charge in [0.05, 0.1) is 5.25 Å². The van der Waals surface area contributed by atoms with E-state index in [1.54, 1.807) is 0 Å². The number of thiol groups is 1. The van der Waals surface area contributed by atoms with Crippen LogP contribution in [-0.2, 0) is 11.2 Å². The highest BCUT2D eigenvalue weighted by Crippen LogP contribution is 2.29. The van der Waals surface area contributed by atoms with Crippen molar-refractivity contribution in [2.24, 2.45) is 0 Å². The zero-order valence-electron chi connectivity index (χ0n) is 11.9. The van der Waals surface area contributed by atoms with Gasteiger partial charge in [-0.2, -0.15) is 24.4 Å². The molecule has 0 heterocycles. The van der Waals surface area contributed by atoms with Crippen molar-refractivity contribution >= 4 is 30.3 Å². The summed E-state index contributed by atoms with van der Waals surface area (Å²) < 4.78 is 0. The van der Waals surface area contributed by atoms with Gasteiger partial charge in [0.2, 0.25) is 5.91 Å². The van der Waals surface area contributed by atoms with Gasteiger partial charge in [-0.1, -0.05) is 37.3 Å². The van der Waals surface area contributed by atoms with Crippen molar-refractivity contribution < 1.29 is 4.79 Å². The van der Waals surface area contributed by atoms with E-state index in [2.05, 4.69) is 24.9 Å². The molecule has 1 aliphatic rings. The number of carbonyl (C=O) groups is 1. The number of benzene rings is 1. The molecule has 1 aromatic carbocycles. The summed E-state index contributed by atoms with van der Waals surface area (Å²) in [7, 11) is 0. The van der Waals surface area contributed by atoms with Gasteiger partial charge in [-0.05, 0) is 37.0 Å². The van der Waals surface area contributed by atoms with E-state index in [-0.39, 0.29) is 11.2 Å². The number of thioether (sulfide) groups is 1. The molecule has 0 aromatic heterocycles. The number of carbonyl (C=O) groups excluding carboxylic acids is 1. The van der Waals surface area contributed by atoms with E-state index in [4.69, 9.17) is 0 Å². The first-order valence-corrected chi connectivity index (χ1v) is 8.89. The van der Waals surface area contributed by atoms with Gasteiger partial charge in [-0.15, -0.1) is 0 Å². The normalized spacial score (nSPS) is 23.5. The molecule has 1 fully saturated rings. The molecule has 2 rings (SSSR count). The Labute approximate surface area is 131 Å². The van der Waals surface area contributed by atoms with E-state index in [0.29, 0.717) is 12.5 Å². The summed E-state index contributed by atoms with van der Waals surface area (Å²) >= 11 is 6.47. The molecule has 0 bridgehead atoms. The third kappa shape index (κ3) is 4.74. The standard InChI is InChI=1S/C16H23NOS2/c1-2-20-14-9-8-13(11-14)17-16(18)15(19)10-12-6-4-3-5-7-12/h3-7,13-15,19H,2,8-11H2,1H3,(H,17,18). The van der Waals surface area contributed by atoms with Crippen LogP contribution < -0.4 is 5.32 Å². The van der Waals surface area contributed by atoms with Crippen molar-refractivity contribution in [2.75, 3.05) is 5.75 Å². The van der Waals surface area contributed by atoms with Gasteiger partial charge in [0, 0.05) is 11.3 Å². The second-order valence-electron chi connectivity index (χ2n) is 5.30. The molecule has 3 atom stereocenters. The summed E-state index contributed by atoms with van der Waals surface area (Å²) in [5, 5.41) is 3.62. The number of hydrogen-bond acceptors (Lipinski definition) is 3. The molecule has 0 radical (unpaired) electrons. The van der Waals surface area contributed by atoms with Crippen LogP contribution in [0, 0.1) is 0 Å². The lowest BCUT2D eigenvalue weighted by Gasteiger charge is -2.16. The second kappa shape index (κ2) is 7.99. The van der Waals surface area contributed by atoms with E-state index in [1.807, 2.05) is 42.1 Å². The molecule has 1 amide bonds. The average molecular weight is 310 g/mol. The summed E-state index contributed by atoms with van der Waals surface area (Å²) in [6.07, 6.45) is 4.13. The third-order valence-corrected chi connectivity index (χ3v) is 5.36. The van der Waals surface area contributed by atoms with Gasteiger partial charge in [-0.25, -0.2) is 0 Å². The van der Waals surface area contributed by atoms with E-state index in [1.165, 1.54) is 6.42 Å². The Hall–Kier alpha value is -0.610. The lowest BCUT2D eigenvalue weighted by Crippen LogP contribution is -2.39. The molecular formula is C16H23NOS2. The molecule has 3 unspecified atom stereocenters. The van der Waals surface area contributed by atoms with Crippen molar-refractivity contribution in [3.63, 3.8) is 0 Å². The van der Waals surface area contributed by atoms with Crippen LogP contribution in [0.1, 0.15) is 31.7 Å². The molecular weight excluding hydrogens is 286 g/mol. The minimum Gasteiger partial charge on any atom is -0.352 e. The Morgan fingerprint density at radius 2 is 2.15 bits per heavy atom. The second-order valence-corrected chi connectivity index (χ2v) is 7.50. The maximum absolute atomic E-state index is 12.2. The average Bonchev–Trinajstić information content (AvgIpc) is 2.87. The first-order valence-electron chi connectivity index (χ1n) is 7.33. The number of rotatable bonds is 6. The van der Waals surface area contributed by atoms with Crippen molar-refractivity contribution in [2.45, 2.75) is 49.1 Å². The highest BCUT2D eigenvalue weighted by molar-refractivity contribution is 7.99. The first kappa shape index (κ1) is 15.8. The highest BCUT2D eigenvalue weighted by Gasteiger charge is 2.27. The van der Waals surface area contributed by atoms with E-state index in [0.717, 1.165) is 29.4 Å². The van der Waals surface area contributed by atoms with Crippen molar-refractivity contribution in [3.05, 3.63) is 35.9 Å². The summed E-state index contributed by atoms with van der Waals surface area (Å²) in [6.45, 7) is 2.19. The largest absolute Gasteiger partial charge is 0.352 e. The van der Waals surface area contributed by atoms with Crippen LogP contribution in [0.2, 0.25) is 0 Å². The fourth-order valence-corrected chi connectivity index (χ4v) is 4.11. The summed E-state index contributed by atoms with van der Waals surface area (Å²) in [6, 6.07) is 10.4. The molecule has 4 heteroatoms. The first-order chi connectivity index (χ1) is 9.69. The van der Waals surface area contributed by atoms with Crippen LogP contribution in [0.15, 0.2) is 30.3 Å². The van der Waals surface area contributed by atoms with Crippen LogP contribution in [0.3, 0.4) is 0 Å². The summed E-state index contributed by atoms with van der Waals surface area (Å²) in [5.41, 5.74) is 1.16. The Kier molecular flexibility index (Phi) is 6.30. The molecule has 0 saturated heterocycles. The van der Waals surface area contributed by atoms with Crippen molar-refractivity contribution in [1.29, 1.82) is 0 Å². The number of nitrogens with one attached hydrogen (secondary N) is 1. The highest BCUT2D eigenvalue weighted by atomic mass is 32.2. The molecule has 20 heavy (non-hydrogen) atoms. The lowest BCUT2D eigenvalue weighted by atomic mass is 10.1. The number of hydrogen-bond donors (Lipinski definition) is 2. The summed E-state index contributed by atoms with van der Waals surface area (Å²) in [5.74, 6) is 1.23. The van der Waals surface area contributed by atoms with Gasteiger partial charge in [0.25, 0.3) is 0 Å². The number of amides is 1. The Morgan fingerprint density at radius 1 is 1.40 bits per heavy atom. The van der Waals surface area contributed by atoms with Crippen LogP contribution in [0.25, 0.3) is 0 Å². The molecule has 2 nitrogen and oxygen atoms in total. The molecule has 0 spiro atoms. The predicted molar refractivity (Wildman–Crippen MR) is 90.6 cm³/mol. The summed E-state index contributed by atoms with van der Waals surface area (Å²) in [4.78, 5) is 12.2. The molecule has 110 valence electrons. The maximum Gasteiger partial charge on any atom is 0.233 e. The maximum atomic E-state index is 12.2. The van der Waals surface area contributed by atoms with Gasteiger partial charge in [0.15, 0.2) is 0 Å². The Balaban J connectivity index is 1.77. The Bertz CT molecular complexity index is 424. The van der Waals surface area contributed by atoms with Crippen LogP contribution >= 0.6 is 24.4 Å². The van der Waals surface area contributed by atoms with Crippen LogP contribution in [0.5, 0.6) is 0 Å². The Morgan fingerprint density at radius 3 is 2.85 bits per heavy atom. The molecule has 1 N–H and O–H groups in total. The van der Waals surface area contributed by atoms with E-state index >= 15 is 0 Å². The minimum absolute atomic E-state index is 0.0735. The van der Waals surface area contributed by atoms with Crippen molar-refractivity contribution in [1.82, 2.24) is 5.32 Å². The zero-order chi connectivity index (χ0) is 14.4. The monoisotopic (exact) mass is 309 g/mol. The van der Waals surface area contributed by atoms with Crippen LogP contribution in [0.4, 0.5) is 0 Å². The lowest BCUT2D eigenvalue weighted by molar-refractivity contribution is -0.121. The quantitative estimate of drug-likeness (QED) is 0.789.